The van der Waals surface area contributed by atoms with Crippen LogP contribution in [0.15, 0.2) is 59.0 Å². The fourth-order valence-corrected chi connectivity index (χ4v) is 4.66. The van der Waals surface area contributed by atoms with Gasteiger partial charge in [-0.25, -0.2) is 0 Å². The zero-order valence-corrected chi connectivity index (χ0v) is 19.8. The second-order valence-electron chi connectivity index (χ2n) is 8.71. The van der Waals surface area contributed by atoms with Crippen LogP contribution in [0.3, 0.4) is 0 Å². The van der Waals surface area contributed by atoms with Gasteiger partial charge in [0.25, 0.3) is 5.91 Å². The lowest BCUT2D eigenvalue weighted by molar-refractivity contribution is -0.127. The second-order valence-corrected chi connectivity index (χ2v) is 9.15. The van der Waals surface area contributed by atoms with Gasteiger partial charge in [-0.2, -0.15) is 5.10 Å². The number of halogens is 1. The minimum absolute atomic E-state index is 0.0260. The summed E-state index contributed by atoms with van der Waals surface area (Å²) in [4.78, 5) is 26.1. The number of hydrogen-bond acceptors (Lipinski definition) is 4. The normalized spacial score (nSPS) is 15.7. The third kappa shape index (κ3) is 4.43. The molecule has 4 aromatic rings. The van der Waals surface area contributed by atoms with E-state index in [0.29, 0.717) is 30.4 Å². The van der Waals surface area contributed by atoms with Crippen molar-refractivity contribution in [3.8, 4) is 11.3 Å². The van der Waals surface area contributed by atoms with E-state index in [-0.39, 0.29) is 17.9 Å². The number of hydrogen-bond donors (Lipinski definition) is 1. The molecule has 8 heteroatoms. The molecule has 0 spiro atoms. The summed E-state index contributed by atoms with van der Waals surface area (Å²) in [6.07, 6.45) is 0.744. The maximum Gasteiger partial charge on any atom is 0.272 e. The predicted molar refractivity (Wildman–Crippen MR) is 131 cm³/mol. The van der Waals surface area contributed by atoms with Crippen molar-refractivity contribution in [1.29, 1.82) is 0 Å². The van der Waals surface area contributed by atoms with Gasteiger partial charge in [0, 0.05) is 53.3 Å². The lowest BCUT2D eigenvalue weighted by Crippen LogP contribution is -2.38. The third-order valence-electron chi connectivity index (χ3n) is 6.22. The molecule has 0 radical (unpaired) electrons. The van der Waals surface area contributed by atoms with Crippen molar-refractivity contribution in [2.75, 3.05) is 13.1 Å². The number of likely N-dealkylation sites (tertiary alicyclic amines) is 1. The topological polar surface area (TPSA) is 80.4 Å². The Morgan fingerprint density at radius 1 is 1.18 bits per heavy atom. The van der Waals surface area contributed by atoms with E-state index in [1.165, 1.54) is 0 Å². The molecule has 0 bridgehead atoms. The molecule has 0 aliphatic carbocycles. The van der Waals surface area contributed by atoms with Crippen LogP contribution in [0.4, 0.5) is 0 Å². The standard InChI is InChI=1S/C26H25ClN4O3/c1-16-10-23(26(33)28-22-8-9-30(15-22)17(2)32)29-31(16)14-20-12-21(27)11-19-13-24(34-25(19)20)18-6-4-3-5-7-18/h3-7,10-13,22H,8-9,14-15H2,1-2H3,(H,28,33). The Kier molecular flexibility index (Phi) is 5.87. The fourth-order valence-electron chi connectivity index (χ4n) is 4.41. The summed E-state index contributed by atoms with van der Waals surface area (Å²) in [5, 5.41) is 9.07. The molecule has 1 saturated heterocycles. The van der Waals surface area contributed by atoms with Crippen LogP contribution in [0.25, 0.3) is 22.3 Å². The zero-order chi connectivity index (χ0) is 23.8. The number of carbonyl (C=O) groups excluding carboxylic acids is 2. The number of nitrogens with one attached hydrogen (secondary N) is 1. The van der Waals surface area contributed by atoms with Crippen LogP contribution in [-0.2, 0) is 11.3 Å². The smallest absolute Gasteiger partial charge is 0.272 e. The molecule has 1 aliphatic heterocycles. The van der Waals surface area contributed by atoms with Crippen molar-refractivity contribution in [2.24, 2.45) is 0 Å². The summed E-state index contributed by atoms with van der Waals surface area (Å²) >= 11 is 6.41. The van der Waals surface area contributed by atoms with Crippen molar-refractivity contribution < 1.29 is 14.0 Å². The first-order valence-corrected chi connectivity index (χ1v) is 11.6. The molecule has 1 fully saturated rings. The number of benzene rings is 2. The summed E-state index contributed by atoms with van der Waals surface area (Å²) in [5.41, 5.74) is 3.83. The highest BCUT2D eigenvalue weighted by Crippen LogP contribution is 2.32. The highest BCUT2D eigenvalue weighted by atomic mass is 35.5. The van der Waals surface area contributed by atoms with Crippen LogP contribution in [-0.4, -0.2) is 45.6 Å². The summed E-state index contributed by atoms with van der Waals surface area (Å²) in [6.45, 7) is 5.07. The second kappa shape index (κ2) is 8.99. The van der Waals surface area contributed by atoms with Crippen LogP contribution in [0, 0.1) is 6.92 Å². The third-order valence-corrected chi connectivity index (χ3v) is 6.44. The van der Waals surface area contributed by atoms with E-state index in [9.17, 15) is 9.59 Å². The molecule has 1 aliphatic rings. The van der Waals surface area contributed by atoms with E-state index in [1.54, 1.807) is 22.6 Å². The number of rotatable bonds is 5. The zero-order valence-electron chi connectivity index (χ0n) is 19.0. The van der Waals surface area contributed by atoms with E-state index < -0.39 is 0 Å². The van der Waals surface area contributed by atoms with E-state index in [1.807, 2.05) is 55.5 Å². The molecule has 5 rings (SSSR count). The van der Waals surface area contributed by atoms with Crippen molar-refractivity contribution in [3.05, 3.63) is 76.6 Å². The summed E-state index contributed by atoms with van der Waals surface area (Å²) < 4.78 is 7.99. The van der Waals surface area contributed by atoms with Crippen LogP contribution >= 0.6 is 11.6 Å². The first kappa shape index (κ1) is 22.2. The van der Waals surface area contributed by atoms with Crippen LogP contribution in [0.1, 0.15) is 35.1 Å². The number of aryl methyl sites for hydroxylation is 1. The van der Waals surface area contributed by atoms with Gasteiger partial charge in [-0.1, -0.05) is 41.9 Å². The highest BCUT2D eigenvalue weighted by Gasteiger charge is 2.26. The molecule has 0 saturated carbocycles. The molecular formula is C26H25ClN4O3. The Balaban J connectivity index is 1.38. The minimum Gasteiger partial charge on any atom is -0.456 e. The molecule has 1 N–H and O–H groups in total. The van der Waals surface area contributed by atoms with Crippen molar-refractivity contribution in [3.63, 3.8) is 0 Å². The Hall–Kier alpha value is -3.58. The van der Waals surface area contributed by atoms with Gasteiger partial charge in [-0.05, 0) is 37.6 Å². The van der Waals surface area contributed by atoms with Gasteiger partial charge >= 0.3 is 0 Å². The van der Waals surface area contributed by atoms with E-state index in [2.05, 4.69) is 10.4 Å². The van der Waals surface area contributed by atoms with Gasteiger partial charge in [0.05, 0.1) is 6.54 Å². The number of carbonyl (C=O) groups is 2. The monoisotopic (exact) mass is 476 g/mol. The van der Waals surface area contributed by atoms with Gasteiger partial charge in [0.2, 0.25) is 5.91 Å². The maximum absolute atomic E-state index is 12.8. The predicted octanol–water partition coefficient (Wildman–Crippen LogP) is 4.66. The van der Waals surface area contributed by atoms with Crippen molar-refractivity contribution in [2.45, 2.75) is 32.9 Å². The Morgan fingerprint density at radius 2 is 1.97 bits per heavy atom. The largest absolute Gasteiger partial charge is 0.456 e. The van der Waals surface area contributed by atoms with Crippen LogP contribution in [0.2, 0.25) is 5.02 Å². The lowest BCUT2D eigenvalue weighted by Gasteiger charge is -2.14. The molecule has 174 valence electrons. The Labute approximate surface area is 202 Å². The van der Waals surface area contributed by atoms with Gasteiger partial charge in [-0.15, -0.1) is 0 Å². The summed E-state index contributed by atoms with van der Waals surface area (Å²) in [7, 11) is 0. The number of amides is 2. The molecule has 1 unspecified atom stereocenters. The molecule has 3 heterocycles. The van der Waals surface area contributed by atoms with Crippen LogP contribution < -0.4 is 5.32 Å². The first-order chi connectivity index (χ1) is 16.4. The van der Waals surface area contributed by atoms with Crippen molar-refractivity contribution in [1.82, 2.24) is 20.0 Å². The molecular weight excluding hydrogens is 452 g/mol. The molecule has 7 nitrogen and oxygen atoms in total. The molecule has 2 aromatic heterocycles. The number of nitrogens with zero attached hydrogens (tertiary/aromatic N) is 3. The first-order valence-electron chi connectivity index (χ1n) is 11.3. The average Bonchev–Trinajstić information content (AvgIpc) is 3.53. The van der Waals surface area contributed by atoms with E-state index in [0.717, 1.165) is 40.0 Å². The van der Waals surface area contributed by atoms with Gasteiger partial charge in [0.15, 0.2) is 0 Å². The quantitative estimate of drug-likeness (QED) is 0.454. The highest BCUT2D eigenvalue weighted by molar-refractivity contribution is 6.31. The Morgan fingerprint density at radius 3 is 2.71 bits per heavy atom. The van der Waals surface area contributed by atoms with Gasteiger partial charge in [-0.3, -0.25) is 14.3 Å². The summed E-state index contributed by atoms with van der Waals surface area (Å²) in [6, 6.07) is 17.4. The number of fused-ring (bicyclic) bond motifs is 1. The molecule has 2 aromatic carbocycles. The molecule has 1 atom stereocenters. The molecule has 2 amide bonds. The van der Waals surface area contributed by atoms with E-state index in [4.69, 9.17) is 16.0 Å². The number of furan rings is 1. The average molecular weight is 477 g/mol. The summed E-state index contributed by atoms with van der Waals surface area (Å²) in [5.74, 6) is 0.559. The van der Waals surface area contributed by atoms with E-state index >= 15 is 0 Å². The van der Waals surface area contributed by atoms with Gasteiger partial charge in [0.1, 0.15) is 17.0 Å². The maximum atomic E-state index is 12.8. The SMILES string of the molecule is CC(=O)N1CCC(NC(=O)c2cc(C)n(Cc3cc(Cl)cc4cc(-c5ccccc5)oc34)n2)C1. The van der Waals surface area contributed by atoms with Crippen LogP contribution in [0.5, 0.6) is 0 Å². The molecule has 34 heavy (non-hydrogen) atoms. The number of aromatic nitrogens is 2. The Bertz CT molecular complexity index is 1380. The van der Waals surface area contributed by atoms with Crippen molar-refractivity contribution >= 4 is 34.4 Å². The fraction of sp³-hybridized carbons (Fsp3) is 0.269. The lowest BCUT2D eigenvalue weighted by atomic mass is 10.1. The van der Waals surface area contributed by atoms with Gasteiger partial charge < -0.3 is 14.6 Å². The minimum atomic E-state index is -0.238.